The van der Waals surface area contributed by atoms with Crippen LogP contribution in [0.2, 0.25) is 0 Å². The summed E-state index contributed by atoms with van der Waals surface area (Å²) in [5.41, 5.74) is 3.74. The van der Waals surface area contributed by atoms with E-state index in [9.17, 15) is 0 Å². The van der Waals surface area contributed by atoms with Gasteiger partial charge < -0.3 is 0 Å². The van der Waals surface area contributed by atoms with Crippen molar-refractivity contribution in [3.63, 3.8) is 0 Å². The van der Waals surface area contributed by atoms with Crippen LogP contribution >= 0.6 is 0 Å². The number of aromatic amines is 1. The lowest BCUT2D eigenvalue weighted by Gasteiger charge is -2.02. The number of allylic oxidation sites excluding steroid dienone is 1. The van der Waals surface area contributed by atoms with Crippen molar-refractivity contribution in [3.05, 3.63) is 23.0 Å². The molecule has 0 atom stereocenters. The summed E-state index contributed by atoms with van der Waals surface area (Å²) in [6, 6.07) is 0. The Hall–Kier alpha value is -1.05. The van der Waals surface area contributed by atoms with Crippen LogP contribution < -0.4 is 0 Å². The molecule has 0 bridgehead atoms. The monoisotopic (exact) mass is 134 g/mol. The van der Waals surface area contributed by atoms with Crippen LogP contribution in [-0.4, -0.2) is 10.2 Å². The fourth-order valence-electron chi connectivity index (χ4n) is 1.35. The molecule has 2 heteroatoms. The summed E-state index contributed by atoms with van der Waals surface area (Å²) in [4.78, 5) is 0. The molecule has 1 heterocycles. The number of nitrogens with zero attached hydrogens (tertiary/aromatic N) is 1. The van der Waals surface area contributed by atoms with E-state index < -0.39 is 0 Å². The lowest BCUT2D eigenvalue weighted by molar-refractivity contribution is 0.974. The molecule has 0 fully saturated rings. The first-order valence-corrected chi connectivity index (χ1v) is 3.58. The Balaban J connectivity index is 2.57. The van der Waals surface area contributed by atoms with Crippen LogP contribution in [-0.2, 0) is 6.42 Å². The molecule has 1 aromatic rings. The molecule has 1 aliphatic rings. The normalized spacial score (nSPS) is 15.3. The minimum absolute atomic E-state index is 1.13. The first kappa shape index (κ1) is 5.71. The number of hydrogen-bond donors (Lipinski definition) is 1. The third kappa shape index (κ3) is 0.685. The topological polar surface area (TPSA) is 28.7 Å². The Labute approximate surface area is 60.0 Å². The Morgan fingerprint density at radius 3 is 3.30 bits per heavy atom. The van der Waals surface area contributed by atoms with Crippen molar-refractivity contribution >= 4 is 6.08 Å². The zero-order chi connectivity index (χ0) is 6.97. The van der Waals surface area contributed by atoms with Gasteiger partial charge >= 0.3 is 0 Å². The van der Waals surface area contributed by atoms with E-state index >= 15 is 0 Å². The van der Waals surface area contributed by atoms with E-state index in [2.05, 4.69) is 29.3 Å². The molecule has 1 aromatic heterocycles. The second-order valence-corrected chi connectivity index (χ2v) is 2.65. The number of H-pyrrole nitrogens is 1. The van der Waals surface area contributed by atoms with Crippen molar-refractivity contribution in [2.75, 3.05) is 0 Å². The lowest BCUT2D eigenvalue weighted by Crippen LogP contribution is -1.91. The van der Waals surface area contributed by atoms with Gasteiger partial charge in [-0.2, -0.15) is 5.10 Å². The summed E-state index contributed by atoms with van der Waals surface area (Å²) in [5.74, 6) is 0. The highest BCUT2D eigenvalue weighted by atomic mass is 15.1. The average molecular weight is 134 g/mol. The molecule has 2 nitrogen and oxygen atoms in total. The number of hydrogen-bond acceptors (Lipinski definition) is 1. The van der Waals surface area contributed by atoms with Crippen LogP contribution in [0.3, 0.4) is 0 Å². The molecule has 0 amide bonds. The van der Waals surface area contributed by atoms with Crippen molar-refractivity contribution in [1.29, 1.82) is 0 Å². The van der Waals surface area contributed by atoms with E-state index in [4.69, 9.17) is 0 Å². The largest absolute Gasteiger partial charge is 0.282 e. The summed E-state index contributed by atoms with van der Waals surface area (Å²) in [6.45, 7) is 2.07. The molecule has 52 valence electrons. The SMILES string of the molecule is Cc1[nH]nc2c1CCC=C2. The van der Waals surface area contributed by atoms with Crippen LogP contribution in [0.15, 0.2) is 6.08 Å². The first-order chi connectivity index (χ1) is 4.88. The predicted octanol–water partition coefficient (Wildman–Crippen LogP) is 1.68. The van der Waals surface area contributed by atoms with Crippen LogP contribution in [0.1, 0.15) is 23.4 Å². The molecule has 0 saturated carbocycles. The van der Waals surface area contributed by atoms with E-state index in [1.165, 1.54) is 11.3 Å². The van der Waals surface area contributed by atoms with Gasteiger partial charge in [0, 0.05) is 11.3 Å². The second-order valence-electron chi connectivity index (χ2n) is 2.65. The molecule has 0 aromatic carbocycles. The van der Waals surface area contributed by atoms with Gasteiger partial charge in [0.2, 0.25) is 0 Å². The van der Waals surface area contributed by atoms with Crippen molar-refractivity contribution in [1.82, 2.24) is 10.2 Å². The lowest BCUT2D eigenvalue weighted by atomic mass is 10.0. The molecule has 2 rings (SSSR count). The van der Waals surface area contributed by atoms with Crippen LogP contribution in [0.5, 0.6) is 0 Å². The zero-order valence-electron chi connectivity index (χ0n) is 6.02. The van der Waals surface area contributed by atoms with Gasteiger partial charge in [-0.05, 0) is 25.8 Å². The fourth-order valence-corrected chi connectivity index (χ4v) is 1.35. The number of aryl methyl sites for hydroxylation is 1. The molecule has 1 N–H and O–H groups in total. The zero-order valence-corrected chi connectivity index (χ0v) is 6.02. The Morgan fingerprint density at radius 2 is 2.50 bits per heavy atom. The van der Waals surface area contributed by atoms with E-state index in [0.717, 1.165) is 18.5 Å². The quantitative estimate of drug-likeness (QED) is 0.574. The molecule has 0 unspecified atom stereocenters. The maximum absolute atomic E-state index is 4.14. The summed E-state index contributed by atoms with van der Waals surface area (Å²) in [5, 5.41) is 7.12. The summed E-state index contributed by atoms with van der Waals surface area (Å²) >= 11 is 0. The number of nitrogens with one attached hydrogen (secondary N) is 1. The highest BCUT2D eigenvalue weighted by molar-refractivity contribution is 5.52. The molecule has 10 heavy (non-hydrogen) atoms. The summed E-state index contributed by atoms with van der Waals surface area (Å²) in [7, 11) is 0. The van der Waals surface area contributed by atoms with Crippen LogP contribution in [0, 0.1) is 6.92 Å². The summed E-state index contributed by atoms with van der Waals surface area (Å²) < 4.78 is 0. The van der Waals surface area contributed by atoms with Crippen LogP contribution in [0.4, 0.5) is 0 Å². The third-order valence-electron chi connectivity index (χ3n) is 1.94. The van der Waals surface area contributed by atoms with Gasteiger partial charge in [0.15, 0.2) is 0 Å². The van der Waals surface area contributed by atoms with Crippen LogP contribution in [0.25, 0.3) is 6.08 Å². The maximum Gasteiger partial charge on any atom is 0.0880 e. The van der Waals surface area contributed by atoms with E-state index in [1.54, 1.807) is 0 Å². The average Bonchev–Trinajstić information content (AvgIpc) is 2.34. The van der Waals surface area contributed by atoms with E-state index in [0.29, 0.717) is 0 Å². The second kappa shape index (κ2) is 1.97. The van der Waals surface area contributed by atoms with Crippen molar-refractivity contribution in [3.8, 4) is 0 Å². The summed E-state index contributed by atoms with van der Waals surface area (Å²) in [6.07, 6.45) is 6.56. The number of rotatable bonds is 0. The van der Waals surface area contributed by atoms with Gasteiger partial charge in [-0.15, -0.1) is 0 Å². The van der Waals surface area contributed by atoms with Gasteiger partial charge in [-0.3, -0.25) is 5.10 Å². The fraction of sp³-hybridized carbons (Fsp3) is 0.375. The molecule has 0 saturated heterocycles. The van der Waals surface area contributed by atoms with Gasteiger partial charge in [0.05, 0.1) is 5.69 Å². The number of fused-ring (bicyclic) bond motifs is 1. The third-order valence-corrected chi connectivity index (χ3v) is 1.94. The molecule has 0 aliphatic heterocycles. The van der Waals surface area contributed by atoms with E-state index in [-0.39, 0.29) is 0 Å². The molecular formula is C8H10N2. The van der Waals surface area contributed by atoms with Crippen molar-refractivity contribution in [2.45, 2.75) is 19.8 Å². The number of aromatic nitrogens is 2. The minimum atomic E-state index is 1.13. The molecule has 0 spiro atoms. The van der Waals surface area contributed by atoms with Gasteiger partial charge in [-0.25, -0.2) is 0 Å². The Bertz CT molecular complexity index is 271. The highest BCUT2D eigenvalue weighted by Gasteiger charge is 2.08. The van der Waals surface area contributed by atoms with Crippen molar-refractivity contribution < 1.29 is 0 Å². The first-order valence-electron chi connectivity index (χ1n) is 3.58. The highest BCUT2D eigenvalue weighted by Crippen LogP contribution is 2.18. The molecule has 0 radical (unpaired) electrons. The smallest absolute Gasteiger partial charge is 0.0880 e. The standard InChI is InChI=1S/C8H10N2/c1-6-7-4-2-3-5-8(7)10-9-6/h3,5H,2,4H2,1H3,(H,9,10). The Kier molecular flexibility index (Phi) is 1.13. The van der Waals surface area contributed by atoms with Gasteiger partial charge in [0.25, 0.3) is 0 Å². The molecular weight excluding hydrogens is 124 g/mol. The van der Waals surface area contributed by atoms with E-state index in [1.807, 2.05) is 0 Å². The van der Waals surface area contributed by atoms with Crippen molar-refractivity contribution in [2.24, 2.45) is 0 Å². The maximum atomic E-state index is 4.14. The van der Waals surface area contributed by atoms with Gasteiger partial charge in [0.1, 0.15) is 0 Å². The van der Waals surface area contributed by atoms with Gasteiger partial charge in [-0.1, -0.05) is 6.08 Å². The molecule has 1 aliphatic carbocycles. The Morgan fingerprint density at radius 1 is 1.60 bits per heavy atom. The minimum Gasteiger partial charge on any atom is -0.282 e. The predicted molar refractivity (Wildman–Crippen MR) is 40.7 cm³/mol.